The molecule has 0 atom stereocenters. The normalized spacial score (nSPS) is 11.2. The predicted molar refractivity (Wildman–Crippen MR) is 112 cm³/mol. The molecule has 0 N–H and O–H groups in total. The Balaban J connectivity index is 1.97. The topological polar surface area (TPSA) is 47.4 Å². The Labute approximate surface area is 172 Å². The molecule has 29 heavy (non-hydrogen) atoms. The molecule has 0 radical (unpaired) electrons. The summed E-state index contributed by atoms with van der Waals surface area (Å²) in [7, 11) is 0. The van der Waals surface area contributed by atoms with Gasteiger partial charge in [-0.05, 0) is 67.1 Å². The van der Waals surface area contributed by atoms with E-state index >= 15 is 0 Å². The summed E-state index contributed by atoms with van der Waals surface area (Å²) in [5, 5.41) is 7.70. The molecule has 7 heteroatoms. The van der Waals surface area contributed by atoms with Crippen LogP contribution in [-0.4, -0.2) is 33.9 Å². The van der Waals surface area contributed by atoms with Gasteiger partial charge >= 0.3 is 6.09 Å². The third-order valence-electron chi connectivity index (χ3n) is 4.85. The highest BCUT2D eigenvalue weighted by Crippen LogP contribution is 2.36. The van der Waals surface area contributed by atoms with Crippen LogP contribution < -0.4 is 4.74 Å². The van der Waals surface area contributed by atoms with Gasteiger partial charge in [-0.15, -0.1) is 0 Å². The standard InChI is InChI=1S/C22H19ClFN3O2/c1-3-26(4-2)22(28)29-21-20-18-11-6-15(23)13-14(18)5-12-19(20)25-27(21)17-9-7-16(24)8-10-17/h5-13H,3-4H2,1-2H3. The molecular weight excluding hydrogens is 393 g/mol. The molecule has 4 aromatic rings. The molecule has 0 fully saturated rings. The second-order valence-corrected chi connectivity index (χ2v) is 7.00. The Bertz CT molecular complexity index is 1200. The summed E-state index contributed by atoms with van der Waals surface area (Å²) in [5.41, 5.74) is 1.25. The van der Waals surface area contributed by atoms with E-state index in [1.54, 1.807) is 23.1 Å². The second-order valence-electron chi connectivity index (χ2n) is 6.56. The zero-order valence-electron chi connectivity index (χ0n) is 16.0. The van der Waals surface area contributed by atoms with Crippen molar-refractivity contribution in [2.45, 2.75) is 13.8 Å². The highest BCUT2D eigenvalue weighted by molar-refractivity contribution is 6.31. The van der Waals surface area contributed by atoms with Gasteiger partial charge in [-0.2, -0.15) is 9.78 Å². The molecule has 0 bridgehead atoms. The lowest BCUT2D eigenvalue weighted by molar-refractivity contribution is 0.155. The number of carbonyl (C=O) groups is 1. The fourth-order valence-electron chi connectivity index (χ4n) is 3.34. The molecule has 0 saturated carbocycles. The first-order chi connectivity index (χ1) is 14.0. The molecule has 1 amide bonds. The number of carbonyl (C=O) groups excluding carboxylic acids is 1. The van der Waals surface area contributed by atoms with E-state index in [0.717, 1.165) is 10.8 Å². The van der Waals surface area contributed by atoms with E-state index in [9.17, 15) is 9.18 Å². The zero-order chi connectivity index (χ0) is 20.5. The van der Waals surface area contributed by atoms with E-state index in [-0.39, 0.29) is 11.7 Å². The molecule has 5 nitrogen and oxygen atoms in total. The Morgan fingerprint density at radius 3 is 2.52 bits per heavy atom. The first-order valence-corrected chi connectivity index (χ1v) is 9.73. The van der Waals surface area contributed by atoms with Crippen molar-refractivity contribution < 1.29 is 13.9 Å². The first-order valence-electron chi connectivity index (χ1n) is 9.35. The number of halogens is 2. The van der Waals surface area contributed by atoms with E-state index in [1.807, 2.05) is 38.1 Å². The number of aromatic nitrogens is 2. The quantitative estimate of drug-likeness (QED) is 0.425. The summed E-state index contributed by atoms with van der Waals surface area (Å²) in [6, 6.07) is 15.2. The second kappa shape index (κ2) is 7.72. The van der Waals surface area contributed by atoms with Gasteiger partial charge in [-0.1, -0.05) is 23.7 Å². The summed E-state index contributed by atoms with van der Waals surface area (Å²) < 4.78 is 20.8. The highest BCUT2D eigenvalue weighted by atomic mass is 35.5. The summed E-state index contributed by atoms with van der Waals surface area (Å²) in [5.74, 6) is -0.0660. The molecule has 3 aromatic carbocycles. The van der Waals surface area contributed by atoms with Crippen LogP contribution in [0.1, 0.15) is 13.8 Å². The molecule has 0 aliphatic carbocycles. The number of fused-ring (bicyclic) bond motifs is 3. The maximum atomic E-state index is 13.4. The van der Waals surface area contributed by atoms with Crippen LogP contribution in [0.2, 0.25) is 5.02 Å². The van der Waals surface area contributed by atoms with Crippen LogP contribution in [-0.2, 0) is 0 Å². The Morgan fingerprint density at radius 1 is 1.10 bits per heavy atom. The van der Waals surface area contributed by atoms with Crippen molar-refractivity contribution in [2.75, 3.05) is 13.1 Å². The van der Waals surface area contributed by atoms with Crippen molar-refractivity contribution in [2.24, 2.45) is 0 Å². The number of hydrogen-bond donors (Lipinski definition) is 0. The molecule has 0 aliphatic heterocycles. The van der Waals surface area contributed by atoms with E-state index in [1.165, 1.54) is 16.8 Å². The third kappa shape index (κ3) is 3.51. The van der Waals surface area contributed by atoms with Gasteiger partial charge in [-0.25, -0.2) is 9.18 Å². The highest BCUT2D eigenvalue weighted by Gasteiger charge is 2.22. The lowest BCUT2D eigenvalue weighted by atomic mass is 10.1. The largest absolute Gasteiger partial charge is 0.416 e. The van der Waals surface area contributed by atoms with Crippen LogP contribution in [0.3, 0.4) is 0 Å². The van der Waals surface area contributed by atoms with E-state index in [0.29, 0.717) is 34.7 Å². The third-order valence-corrected chi connectivity index (χ3v) is 5.09. The lowest BCUT2D eigenvalue weighted by Gasteiger charge is -2.18. The van der Waals surface area contributed by atoms with Gasteiger partial charge in [0, 0.05) is 18.1 Å². The average Bonchev–Trinajstić information content (AvgIpc) is 3.08. The Hall–Kier alpha value is -3.12. The van der Waals surface area contributed by atoms with Crippen LogP contribution in [0.5, 0.6) is 5.88 Å². The smallest absolute Gasteiger partial charge is 0.390 e. The molecule has 0 spiro atoms. The molecule has 1 heterocycles. The maximum Gasteiger partial charge on any atom is 0.416 e. The van der Waals surface area contributed by atoms with E-state index < -0.39 is 6.09 Å². The number of nitrogens with zero attached hydrogens (tertiary/aromatic N) is 3. The number of rotatable bonds is 4. The van der Waals surface area contributed by atoms with E-state index in [2.05, 4.69) is 5.10 Å². The SMILES string of the molecule is CCN(CC)C(=O)Oc1c2c(ccc3cc(Cl)ccc32)nn1-c1ccc(F)cc1. The van der Waals surface area contributed by atoms with Crippen molar-refractivity contribution in [1.29, 1.82) is 0 Å². The Morgan fingerprint density at radius 2 is 1.83 bits per heavy atom. The molecule has 0 aliphatic rings. The van der Waals surface area contributed by atoms with Crippen molar-refractivity contribution >= 4 is 39.4 Å². The molecule has 0 unspecified atom stereocenters. The van der Waals surface area contributed by atoms with Gasteiger partial charge in [0.2, 0.25) is 5.88 Å². The molecule has 4 rings (SSSR count). The van der Waals surface area contributed by atoms with Crippen molar-refractivity contribution in [3.63, 3.8) is 0 Å². The van der Waals surface area contributed by atoms with Crippen LogP contribution in [0.25, 0.3) is 27.4 Å². The zero-order valence-corrected chi connectivity index (χ0v) is 16.8. The minimum absolute atomic E-state index is 0.288. The van der Waals surface area contributed by atoms with Crippen LogP contribution in [0, 0.1) is 5.82 Å². The minimum Gasteiger partial charge on any atom is -0.390 e. The summed E-state index contributed by atoms with van der Waals surface area (Å²) in [4.78, 5) is 14.3. The molecule has 148 valence electrons. The summed E-state index contributed by atoms with van der Waals surface area (Å²) in [6.45, 7) is 4.82. The van der Waals surface area contributed by atoms with Crippen LogP contribution in [0.4, 0.5) is 9.18 Å². The number of hydrogen-bond acceptors (Lipinski definition) is 3. The minimum atomic E-state index is -0.467. The van der Waals surface area contributed by atoms with Gasteiger partial charge < -0.3 is 9.64 Å². The first kappa shape index (κ1) is 19.2. The molecular formula is C22H19ClFN3O2. The number of ether oxygens (including phenoxy) is 1. The predicted octanol–water partition coefficient (Wildman–Crippen LogP) is 5.81. The molecule has 0 saturated heterocycles. The van der Waals surface area contributed by atoms with Crippen LogP contribution >= 0.6 is 11.6 Å². The maximum absolute atomic E-state index is 13.4. The van der Waals surface area contributed by atoms with Gasteiger partial charge in [0.15, 0.2) is 0 Å². The monoisotopic (exact) mass is 411 g/mol. The van der Waals surface area contributed by atoms with Gasteiger partial charge in [0.25, 0.3) is 0 Å². The van der Waals surface area contributed by atoms with Crippen molar-refractivity contribution in [3.05, 3.63) is 65.4 Å². The summed E-state index contributed by atoms with van der Waals surface area (Å²) in [6.07, 6.45) is -0.467. The summed E-state index contributed by atoms with van der Waals surface area (Å²) >= 11 is 6.14. The van der Waals surface area contributed by atoms with Gasteiger partial charge in [0.1, 0.15) is 5.82 Å². The fraction of sp³-hybridized carbons (Fsp3) is 0.182. The lowest BCUT2D eigenvalue weighted by Crippen LogP contribution is -2.33. The van der Waals surface area contributed by atoms with Crippen molar-refractivity contribution in [3.8, 4) is 11.6 Å². The van der Waals surface area contributed by atoms with Gasteiger partial charge in [0.05, 0.1) is 16.6 Å². The average molecular weight is 412 g/mol. The van der Waals surface area contributed by atoms with Crippen LogP contribution in [0.15, 0.2) is 54.6 Å². The number of amides is 1. The molecule has 1 aromatic heterocycles. The Kier molecular flexibility index (Phi) is 5.11. The van der Waals surface area contributed by atoms with E-state index in [4.69, 9.17) is 16.3 Å². The van der Waals surface area contributed by atoms with Gasteiger partial charge in [-0.3, -0.25) is 0 Å². The number of benzene rings is 3. The fourth-order valence-corrected chi connectivity index (χ4v) is 3.52. The van der Waals surface area contributed by atoms with Crippen molar-refractivity contribution in [1.82, 2.24) is 14.7 Å².